The van der Waals surface area contributed by atoms with E-state index in [2.05, 4.69) is 0 Å². The molecule has 0 aromatic heterocycles. The Morgan fingerprint density at radius 2 is 1.78 bits per heavy atom. The van der Waals surface area contributed by atoms with Crippen molar-refractivity contribution in [2.75, 3.05) is 0 Å². The molecular weight excluding hydrogens is 267 g/mol. The van der Waals surface area contributed by atoms with Crippen molar-refractivity contribution in [2.45, 2.75) is 51.0 Å². The van der Waals surface area contributed by atoms with Crippen LogP contribution in [0.5, 0.6) is 0 Å². The van der Waals surface area contributed by atoms with Gasteiger partial charge >= 0.3 is 0 Å². The molecule has 0 heterocycles. The van der Waals surface area contributed by atoms with Crippen LogP contribution in [-0.2, 0) is 6.42 Å². The number of hydrogen-bond donors (Lipinski definition) is 1. The Balaban J connectivity index is 1.98. The lowest BCUT2D eigenvalue weighted by Crippen LogP contribution is -2.22. The smallest absolute Gasteiger partial charge is 0.0609 e. The van der Waals surface area contributed by atoms with Crippen LogP contribution >= 0.6 is 23.2 Å². The lowest BCUT2D eigenvalue weighted by molar-refractivity contribution is 0.0986. The first-order valence-electron chi connectivity index (χ1n) is 6.79. The molecule has 0 bridgehead atoms. The summed E-state index contributed by atoms with van der Waals surface area (Å²) in [5.74, 6) is 0.430. The third kappa shape index (κ3) is 3.88. The van der Waals surface area contributed by atoms with E-state index in [1.807, 2.05) is 12.1 Å². The van der Waals surface area contributed by atoms with Gasteiger partial charge in [-0.2, -0.15) is 0 Å². The summed E-state index contributed by atoms with van der Waals surface area (Å²) in [7, 11) is 0. The molecule has 1 unspecified atom stereocenters. The highest BCUT2D eigenvalue weighted by atomic mass is 35.5. The van der Waals surface area contributed by atoms with Crippen molar-refractivity contribution in [1.82, 2.24) is 0 Å². The highest BCUT2D eigenvalue weighted by Crippen LogP contribution is 2.29. The third-order valence-electron chi connectivity index (χ3n) is 3.89. The Hall–Kier alpha value is -0.240. The molecule has 0 spiro atoms. The standard InChI is InChI=1S/C15H20Cl2O/c16-13-8-7-12(14(17)10-13)9-15(18)11-5-3-1-2-4-6-11/h7-8,10-11,15,18H,1-6,9H2. The van der Waals surface area contributed by atoms with Gasteiger partial charge in [0.25, 0.3) is 0 Å². The van der Waals surface area contributed by atoms with Gasteiger partial charge in [-0.25, -0.2) is 0 Å². The molecule has 1 saturated carbocycles. The van der Waals surface area contributed by atoms with Gasteiger partial charge in [0.1, 0.15) is 0 Å². The van der Waals surface area contributed by atoms with Gasteiger partial charge < -0.3 is 5.11 Å². The second kappa shape index (κ2) is 6.79. The molecule has 1 aliphatic carbocycles. The molecule has 1 nitrogen and oxygen atoms in total. The largest absolute Gasteiger partial charge is 0.392 e. The number of aliphatic hydroxyl groups is 1. The summed E-state index contributed by atoms with van der Waals surface area (Å²) >= 11 is 12.0. The molecule has 1 aromatic rings. The van der Waals surface area contributed by atoms with E-state index in [0.29, 0.717) is 22.4 Å². The normalized spacial score (nSPS) is 19.5. The van der Waals surface area contributed by atoms with Crippen LogP contribution in [0.25, 0.3) is 0 Å². The average molecular weight is 287 g/mol. The lowest BCUT2D eigenvalue weighted by atomic mass is 9.90. The van der Waals surface area contributed by atoms with Crippen LogP contribution in [0.3, 0.4) is 0 Å². The molecule has 2 rings (SSSR count). The minimum atomic E-state index is -0.276. The molecule has 1 fully saturated rings. The van der Waals surface area contributed by atoms with E-state index in [1.54, 1.807) is 6.07 Å². The fraction of sp³-hybridized carbons (Fsp3) is 0.600. The van der Waals surface area contributed by atoms with Crippen LogP contribution in [0.1, 0.15) is 44.1 Å². The second-order valence-electron chi connectivity index (χ2n) is 5.26. The monoisotopic (exact) mass is 286 g/mol. The minimum Gasteiger partial charge on any atom is -0.392 e. The first-order chi connectivity index (χ1) is 8.66. The predicted octanol–water partition coefficient (Wildman–Crippen LogP) is 4.87. The van der Waals surface area contributed by atoms with Crippen molar-refractivity contribution >= 4 is 23.2 Å². The van der Waals surface area contributed by atoms with Crippen molar-refractivity contribution in [1.29, 1.82) is 0 Å². The van der Waals surface area contributed by atoms with E-state index in [4.69, 9.17) is 23.2 Å². The highest BCUT2D eigenvalue weighted by molar-refractivity contribution is 6.35. The molecule has 1 aromatic carbocycles. The molecule has 100 valence electrons. The summed E-state index contributed by atoms with van der Waals surface area (Å²) < 4.78 is 0. The lowest BCUT2D eigenvalue weighted by Gasteiger charge is -2.21. The second-order valence-corrected chi connectivity index (χ2v) is 6.10. The number of benzene rings is 1. The maximum atomic E-state index is 10.4. The van der Waals surface area contributed by atoms with Gasteiger partial charge in [0, 0.05) is 16.5 Å². The number of hydrogen-bond acceptors (Lipinski definition) is 1. The first kappa shape index (κ1) is 14.2. The Kier molecular flexibility index (Phi) is 5.35. The zero-order valence-electron chi connectivity index (χ0n) is 10.5. The molecule has 3 heteroatoms. The van der Waals surface area contributed by atoms with E-state index in [1.165, 1.54) is 25.7 Å². The quantitative estimate of drug-likeness (QED) is 0.786. The summed E-state index contributed by atoms with van der Waals surface area (Å²) in [6.45, 7) is 0. The Bertz CT molecular complexity index is 384. The summed E-state index contributed by atoms with van der Waals surface area (Å²) in [6.07, 6.45) is 7.77. The van der Waals surface area contributed by atoms with E-state index in [-0.39, 0.29) is 6.10 Å². The van der Waals surface area contributed by atoms with Crippen LogP contribution < -0.4 is 0 Å². The van der Waals surface area contributed by atoms with Gasteiger partial charge in [-0.3, -0.25) is 0 Å². The highest BCUT2D eigenvalue weighted by Gasteiger charge is 2.21. The molecule has 18 heavy (non-hydrogen) atoms. The minimum absolute atomic E-state index is 0.276. The van der Waals surface area contributed by atoms with Crippen LogP contribution in [0.15, 0.2) is 18.2 Å². The van der Waals surface area contributed by atoms with Crippen LogP contribution in [0.2, 0.25) is 10.0 Å². The Labute approximate surface area is 119 Å². The molecule has 0 amide bonds. The van der Waals surface area contributed by atoms with E-state index >= 15 is 0 Å². The molecule has 0 aliphatic heterocycles. The van der Waals surface area contributed by atoms with Crippen LogP contribution in [0.4, 0.5) is 0 Å². The first-order valence-corrected chi connectivity index (χ1v) is 7.54. The van der Waals surface area contributed by atoms with Gasteiger partial charge in [-0.05, 0) is 36.5 Å². The van der Waals surface area contributed by atoms with Crippen LogP contribution in [-0.4, -0.2) is 11.2 Å². The zero-order chi connectivity index (χ0) is 13.0. The number of rotatable bonds is 3. The van der Waals surface area contributed by atoms with Gasteiger partial charge in [0.05, 0.1) is 6.10 Å². The van der Waals surface area contributed by atoms with Crippen LogP contribution in [0, 0.1) is 5.92 Å². The molecule has 0 saturated heterocycles. The van der Waals surface area contributed by atoms with Crippen molar-refractivity contribution < 1.29 is 5.11 Å². The summed E-state index contributed by atoms with van der Waals surface area (Å²) in [5, 5.41) is 11.7. The van der Waals surface area contributed by atoms with Gasteiger partial charge in [-0.1, -0.05) is 55.0 Å². The number of halogens is 2. The summed E-state index contributed by atoms with van der Waals surface area (Å²) in [6, 6.07) is 5.51. The topological polar surface area (TPSA) is 20.2 Å². The van der Waals surface area contributed by atoms with E-state index in [9.17, 15) is 5.11 Å². The maximum Gasteiger partial charge on any atom is 0.0609 e. The summed E-state index contributed by atoms with van der Waals surface area (Å²) in [4.78, 5) is 0. The third-order valence-corrected chi connectivity index (χ3v) is 4.48. The average Bonchev–Trinajstić information content (AvgIpc) is 2.61. The zero-order valence-corrected chi connectivity index (χ0v) is 12.1. The van der Waals surface area contributed by atoms with Gasteiger partial charge in [0.15, 0.2) is 0 Å². The van der Waals surface area contributed by atoms with E-state index < -0.39 is 0 Å². The van der Waals surface area contributed by atoms with Crippen molar-refractivity contribution in [3.8, 4) is 0 Å². The van der Waals surface area contributed by atoms with Gasteiger partial charge in [-0.15, -0.1) is 0 Å². The van der Waals surface area contributed by atoms with E-state index in [0.717, 1.165) is 18.4 Å². The van der Waals surface area contributed by atoms with Crippen molar-refractivity contribution in [2.24, 2.45) is 5.92 Å². The SMILES string of the molecule is OC(Cc1ccc(Cl)cc1Cl)C1CCCCCC1. The number of aliphatic hydroxyl groups excluding tert-OH is 1. The summed E-state index contributed by atoms with van der Waals surface area (Å²) in [5.41, 5.74) is 0.998. The molecule has 1 N–H and O–H groups in total. The Morgan fingerprint density at radius 3 is 2.39 bits per heavy atom. The fourth-order valence-corrected chi connectivity index (χ4v) is 3.26. The van der Waals surface area contributed by atoms with Crippen molar-refractivity contribution in [3.05, 3.63) is 33.8 Å². The fourth-order valence-electron chi connectivity index (χ4n) is 2.77. The van der Waals surface area contributed by atoms with Gasteiger partial charge in [0.2, 0.25) is 0 Å². The molecule has 0 radical (unpaired) electrons. The molecule has 1 atom stereocenters. The van der Waals surface area contributed by atoms with Crippen molar-refractivity contribution in [3.63, 3.8) is 0 Å². The molecular formula is C15H20Cl2O. The maximum absolute atomic E-state index is 10.4. The predicted molar refractivity (Wildman–Crippen MR) is 77.4 cm³/mol. The molecule has 1 aliphatic rings. The Morgan fingerprint density at radius 1 is 1.11 bits per heavy atom.